The van der Waals surface area contributed by atoms with E-state index in [0.29, 0.717) is 0 Å². The molecule has 0 saturated heterocycles. The number of para-hydroxylation sites is 4. The van der Waals surface area contributed by atoms with Gasteiger partial charge in [0.15, 0.2) is 0 Å². The van der Waals surface area contributed by atoms with Crippen molar-refractivity contribution in [1.82, 2.24) is 9.13 Å². The van der Waals surface area contributed by atoms with Gasteiger partial charge in [-0.15, -0.1) is 0 Å². The zero-order valence-electron chi connectivity index (χ0n) is 24.9. The van der Waals surface area contributed by atoms with E-state index in [1.807, 2.05) is 18.2 Å². The molecule has 0 atom stereocenters. The van der Waals surface area contributed by atoms with Crippen LogP contribution in [0.2, 0.25) is 0 Å². The third-order valence-corrected chi connectivity index (χ3v) is 9.16. The van der Waals surface area contributed by atoms with Gasteiger partial charge >= 0.3 is 0 Å². The maximum absolute atomic E-state index is 8.94. The standard InChI is InChI=1S/C42H28N4/c43-37-26-29(27-19-21-40-35(23-27)32-15-7-9-17-38(32)45(40)30-11-3-1-4-12-30)25-34(42(37)44)28-20-22-41-36(24-28)33-16-8-10-18-39(33)46(41)31-13-5-2-6-14-31/h1-26,43-44H. The molecular weight excluding hydrogens is 560 g/mol. The number of aromatic nitrogens is 2. The van der Waals surface area contributed by atoms with Gasteiger partial charge in [-0.1, -0.05) is 84.9 Å². The summed E-state index contributed by atoms with van der Waals surface area (Å²) in [5, 5.41) is 22.4. The van der Waals surface area contributed by atoms with Gasteiger partial charge in [-0.25, -0.2) is 0 Å². The molecule has 1 aliphatic rings. The van der Waals surface area contributed by atoms with Crippen LogP contribution in [0.4, 0.5) is 0 Å². The van der Waals surface area contributed by atoms with Crippen LogP contribution in [0.1, 0.15) is 11.1 Å². The number of allylic oxidation sites excluding steroid dienone is 4. The summed E-state index contributed by atoms with van der Waals surface area (Å²) < 4.78 is 4.60. The minimum Gasteiger partial charge on any atom is -0.309 e. The first-order valence-electron chi connectivity index (χ1n) is 15.4. The summed E-state index contributed by atoms with van der Waals surface area (Å²) in [6.45, 7) is 0. The monoisotopic (exact) mass is 588 g/mol. The van der Waals surface area contributed by atoms with Gasteiger partial charge in [0.1, 0.15) is 0 Å². The van der Waals surface area contributed by atoms with Crippen molar-refractivity contribution in [1.29, 1.82) is 10.8 Å². The molecule has 4 nitrogen and oxygen atoms in total. The molecule has 0 bridgehead atoms. The van der Waals surface area contributed by atoms with Crippen LogP contribution < -0.4 is 0 Å². The number of fused-ring (bicyclic) bond motifs is 6. The molecule has 8 aromatic rings. The highest BCUT2D eigenvalue weighted by atomic mass is 15.0. The predicted octanol–water partition coefficient (Wildman–Crippen LogP) is 10.4. The highest BCUT2D eigenvalue weighted by Crippen LogP contribution is 2.38. The van der Waals surface area contributed by atoms with Gasteiger partial charge in [0.2, 0.25) is 0 Å². The van der Waals surface area contributed by atoms with E-state index in [9.17, 15) is 0 Å². The second-order valence-electron chi connectivity index (χ2n) is 11.8. The normalized spacial score (nSPS) is 13.6. The van der Waals surface area contributed by atoms with E-state index in [1.54, 1.807) is 0 Å². The van der Waals surface area contributed by atoms with Gasteiger partial charge in [-0.05, 0) is 89.5 Å². The lowest BCUT2D eigenvalue weighted by molar-refractivity contribution is 1.18. The fourth-order valence-electron chi connectivity index (χ4n) is 7.04. The third kappa shape index (κ3) is 3.94. The quantitative estimate of drug-likeness (QED) is 0.192. The van der Waals surface area contributed by atoms with Crippen molar-refractivity contribution in [2.45, 2.75) is 0 Å². The highest BCUT2D eigenvalue weighted by Gasteiger charge is 2.21. The van der Waals surface area contributed by atoms with Crippen LogP contribution in [0.15, 0.2) is 158 Å². The van der Waals surface area contributed by atoms with Crippen LogP contribution in [-0.2, 0) is 0 Å². The first-order chi connectivity index (χ1) is 22.7. The Bertz CT molecular complexity index is 2600. The number of hydrogen-bond acceptors (Lipinski definition) is 2. The van der Waals surface area contributed by atoms with Crippen LogP contribution in [0.5, 0.6) is 0 Å². The molecule has 0 radical (unpaired) electrons. The lowest BCUT2D eigenvalue weighted by Crippen LogP contribution is -2.15. The van der Waals surface area contributed by atoms with Gasteiger partial charge < -0.3 is 9.13 Å². The largest absolute Gasteiger partial charge is 0.309 e. The first kappa shape index (κ1) is 26.2. The molecule has 0 saturated carbocycles. The topological polar surface area (TPSA) is 57.6 Å². The molecule has 0 aliphatic heterocycles. The summed E-state index contributed by atoms with van der Waals surface area (Å²) in [5.74, 6) is 0. The van der Waals surface area contributed by atoms with Crippen LogP contribution in [0, 0.1) is 10.8 Å². The van der Waals surface area contributed by atoms with Crippen LogP contribution in [0.25, 0.3) is 66.1 Å². The number of rotatable bonds is 4. The summed E-state index contributed by atoms with van der Waals surface area (Å²) in [4.78, 5) is 0. The minimum absolute atomic E-state index is 0.214. The van der Waals surface area contributed by atoms with E-state index in [2.05, 4.69) is 149 Å². The Balaban J connectivity index is 1.20. The third-order valence-electron chi connectivity index (χ3n) is 9.16. The Morgan fingerprint density at radius 1 is 0.391 bits per heavy atom. The summed E-state index contributed by atoms with van der Waals surface area (Å²) in [7, 11) is 0. The molecule has 2 N–H and O–H groups in total. The van der Waals surface area contributed by atoms with E-state index in [4.69, 9.17) is 10.8 Å². The molecule has 6 aromatic carbocycles. The maximum atomic E-state index is 8.94. The summed E-state index contributed by atoms with van der Waals surface area (Å²) >= 11 is 0. The Hall–Kier alpha value is -6.26. The average Bonchev–Trinajstić information content (AvgIpc) is 3.62. The molecule has 0 fully saturated rings. The highest BCUT2D eigenvalue weighted by molar-refractivity contribution is 6.61. The van der Waals surface area contributed by atoms with Crippen molar-refractivity contribution in [2.24, 2.45) is 0 Å². The molecule has 216 valence electrons. The van der Waals surface area contributed by atoms with E-state index >= 15 is 0 Å². The molecule has 1 aliphatic carbocycles. The lowest BCUT2D eigenvalue weighted by Gasteiger charge is -2.17. The van der Waals surface area contributed by atoms with Crippen molar-refractivity contribution < 1.29 is 0 Å². The average molecular weight is 589 g/mol. The second-order valence-corrected chi connectivity index (χ2v) is 11.8. The Kier molecular flexibility index (Phi) is 5.77. The van der Waals surface area contributed by atoms with E-state index in [0.717, 1.165) is 71.9 Å². The van der Waals surface area contributed by atoms with Crippen molar-refractivity contribution in [3.8, 4) is 11.4 Å². The van der Waals surface area contributed by atoms with Crippen molar-refractivity contribution in [3.63, 3.8) is 0 Å². The van der Waals surface area contributed by atoms with Gasteiger partial charge in [0.25, 0.3) is 0 Å². The summed E-state index contributed by atoms with van der Waals surface area (Å²) in [6, 6.07) is 50.9. The molecule has 2 heterocycles. The zero-order valence-corrected chi connectivity index (χ0v) is 24.9. The minimum atomic E-state index is 0.214. The van der Waals surface area contributed by atoms with Crippen LogP contribution >= 0.6 is 0 Å². The van der Waals surface area contributed by atoms with Crippen LogP contribution in [-0.4, -0.2) is 20.6 Å². The fraction of sp³-hybridized carbons (Fsp3) is 0. The summed E-state index contributed by atoms with van der Waals surface area (Å²) in [5.41, 5.74) is 10.9. The van der Waals surface area contributed by atoms with Gasteiger partial charge in [0, 0.05) is 38.5 Å². The molecule has 0 unspecified atom stereocenters. The number of hydrogen-bond donors (Lipinski definition) is 2. The molecule has 0 amide bonds. The van der Waals surface area contributed by atoms with E-state index in [1.165, 1.54) is 5.39 Å². The van der Waals surface area contributed by atoms with Gasteiger partial charge in [0.05, 0.1) is 33.5 Å². The number of nitrogens with zero attached hydrogens (tertiary/aromatic N) is 2. The van der Waals surface area contributed by atoms with Crippen molar-refractivity contribution in [3.05, 3.63) is 169 Å². The Morgan fingerprint density at radius 3 is 1.41 bits per heavy atom. The Morgan fingerprint density at radius 2 is 0.848 bits per heavy atom. The SMILES string of the molecule is N=C1C=C(c2ccc3c(c2)c2ccccc2n3-c2ccccc2)C=C(c2ccc3c(c2)c2ccccc2n3-c2ccccc2)C1=N. The zero-order chi connectivity index (χ0) is 30.8. The lowest BCUT2D eigenvalue weighted by atomic mass is 9.87. The number of benzene rings is 6. The predicted molar refractivity (Wildman–Crippen MR) is 193 cm³/mol. The van der Waals surface area contributed by atoms with Crippen LogP contribution in [0.3, 0.4) is 0 Å². The molecule has 9 rings (SSSR count). The van der Waals surface area contributed by atoms with Crippen molar-refractivity contribution in [2.75, 3.05) is 0 Å². The molecule has 2 aromatic heterocycles. The fourth-order valence-corrected chi connectivity index (χ4v) is 7.04. The number of nitrogens with one attached hydrogen (secondary N) is 2. The molecule has 4 heteroatoms. The second kappa shape index (κ2) is 10.1. The Labute approximate surface area is 265 Å². The molecular formula is C42H28N4. The smallest absolute Gasteiger partial charge is 0.0867 e. The van der Waals surface area contributed by atoms with Crippen molar-refractivity contribution >= 4 is 66.2 Å². The summed E-state index contributed by atoms with van der Waals surface area (Å²) in [6.07, 6.45) is 3.90. The van der Waals surface area contributed by atoms with Gasteiger partial charge in [-0.2, -0.15) is 0 Å². The van der Waals surface area contributed by atoms with E-state index in [-0.39, 0.29) is 11.4 Å². The molecule has 0 spiro atoms. The van der Waals surface area contributed by atoms with Gasteiger partial charge in [-0.3, -0.25) is 10.8 Å². The first-order valence-corrected chi connectivity index (χ1v) is 15.4. The molecule has 46 heavy (non-hydrogen) atoms. The maximum Gasteiger partial charge on any atom is 0.0867 e. The van der Waals surface area contributed by atoms with E-state index < -0.39 is 0 Å².